The van der Waals surface area contributed by atoms with Crippen LogP contribution in [0.3, 0.4) is 0 Å². The molecule has 0 saturated carbocycles. The molecule has 0 amide bonds. The molecule has 0 spiro atoms. The Bertz CT molecular complexity index is 238. The zero-order chi connectivity index (χ0) is 11.1. The quantitative estimate of drug-likeness (QED) is 0.694. The molecule has 0 aromatic rings. The summed E-state index contributed by atoms with van der Waals surface area (Å²) in [7, 11) is -0.716. The normalized spacial score (nSPS) is 32.8. The fourth-order valence-corrected chi connectivity index (χ4v) is 3.85. The molecule has 0 aliphatic carbocycles. The van der Waals surface area contributed by atoms with Crippen LogP contribution >= 0.6 is 0 Å². The van der Waals surface area contributed by atoms with Gasteiger partial charge >= 0.3 is 0 Å². The third-order valence-electron chi connectivity index (χ3n) is 3.17. The Morgan fingerprint density at radius 2 is 2.20 bits per heavy atom. The summed E-state index contributed by atoms with van der Waals surface area (Å²) in [6.45, 7) is 4.67. The van der Waals surface area contributed by atoms with Gasteiger partial charge in [-0.05, 0) is 26.2 Å². The Hall–Kier alpha value is -0.310. The van der Waals surface area contributed by atoms with E-state index in [0.717, 1.165) is 25.0 Å². The van der Waals surface area contributed by atoms with Gasteiger partial charge in [-0.15, -0.1) is 0 Å². The lowest BCUT2D eigenvalue weighted by Gasteiger charge is -2.29. The van der Waals surface area contributed by atoms with Gasteiger partial charge in [-0.3, -0.25) is 4.21 Å². The van der Waals surface area contributed by atoms with Crippen molar-refractivity contribution < 1.29 is 8.95 Å². The van der Waals surface area contributed by atoms with Crippen molar-refractivity contribution in [1.29, 1.82) is 0 Å². The van der Waals surface area contributed by atoms with Crippen molar-refractivity contribution in [3.05, 3.63) is 12.3 Å². The van der Waals surface area contributed by atoms with Crippen molar-refractivity contribution >= 4 is 10.8 Å². The van der Waals surface area contributed by atoms with Crippen LogP contribution in [0.4, 0.5) is 0 Å². The first-order chi connectivity index (χ1) is 7.25. The Balaban J connectivity index is 2.65. The van der Waals surface area contributed by atoms with Crippen LogP contribution in [0.15, 0.2) is 12.3 Å². The van der Waals surface area contributed by atoms with Crippen molar-refractivity contribution in [2.45, 2.75) is 50.7 Å². The SMILES string of the molecule is C/C=C/OCC1(CC)CCCCCS1=O. The Morgan fingerprint density at radius 3 is 2.87 bits per heavy atom. The smallest absolute Gasteiger partial charge is 0.104 e. The number of rotatable bonds is 4. The molecule has 0 aromatic heterocycles. The molecule has 0 N–H and O–H groups in total. The van der Waals surface area contributed by atoms with Gasteiger partial charge in [0.05, 0.1) is 11.0 Å². The first-order valence-corrected chi connectivity index (χ1v) is 7.18. The van der Waals surface area contributed by atoms with Gasteiger partial charge < -0.3 is 4.74 Å². The summed E-state index contributed by atoms with van der Waals surface area (Å²) in [4.78, 5) is 0. The molecular weight excluding hydrogens is 208 g/mol. The summed E-state index contributed by atoms with van der Waals surface area (Å²) in [6.07, 6.45) is 9.11. The highest BCUT2D eigenvalue weighted by molar-refractivity contribution is 7.86. The molecule has 2 unspecified atom stereocenters. The van der Waals surface area contributed by atoms with Crippen LogP contribution in [-0.4, -0.2) is 21.3 Å². The van der Waals surface area contributed by atoms with Crippen molar-refractivity contribution in [2.75, 3.05) is 12.4 Å². The predicted octanol–water partition coefficient (Wildman–Crippen LogP) is 3.01. The maximum absolute atomic E-state index is 12.2. The van der Waals surface area contributed by atoms with Gasteiger partial charge in [0.1, 0.15) is 6.61 Å². The molecule has 1 heterocycles. The minimum atomic E-state index is -0.716. The van der Waals surface area contributed by atoms with Gasteiger partial charge in [0.25, 0.3) is 0 Å². The van der Waals surface area contributed by atoms with E-state index in [4.69, 9.17) is 4.74 Å². The average molecular weight is 230 g/mol. The minimum Gasteiger partial charge on any atom is -0.500 e. The zero-order valence-corrected chi connectivity index (χ0v) is 10.6. The predicted molar refractivity (Wildman–Crippen MR) is 65.3 cm³/mol. The molecular formula is C12H22O2S. The third-order valence-corrected chi connectivity index (χ3v) is 5.40. The molecule has 88 valence electrons. The largest absolute Gasteiger partial charge is 0.500 e. The van der Waals surface area contributed by atoms with Crippen molar-refractivity contribution in [1.82, 2.24) is 0 Å². The number of hydrogen-bond acceptors (Lipinski definition) is 2. The molecule has 1 saturated heterocycles. The second kappa shape index (κ2) is 6.31. The van der Waals surface area contributed by atoms with Crippen LogP contribution in [0.2, 0.25) is 0 Å². The van der Waals surface area contributed by atoms with E-state index < -0.39 is 10.8 Å². The molecule has 2 nitrogen and oxygen atoms in total. The second-order valence-corrected chi connectivity index (χ2v) is 6.14. The van der Waals surface area contributed by atoms with E-state index in [2.05, 4.69) is 6.92 Å². The summed E-state index contributed by atoms with van der Waals surface area (Å²) < 4.78 is 17.6. The fraction of sp³-hybridized carbons (Fsp3) is 0.833. The molecule has 0 bridgehead atoms. The maximum Gasteiger partial charge on any atom is 0.104 e. The minimum absolute atomic E-state index is 0.0873. The lowest BCUT2D eigenvalue weighted by Crippen LogP contribution is -2.38. The number of ether oxygens (including phenoxy) is 1. The van der Waals surface area contributed by atoms with Gasteiger partial charge in [-0.25, -0.2) is 0 Å². The fourth-order valence-electron chi connectivity index (χ4n) is 2.06. The van der Waals surface area contributed by atoms with Gasteiger partial charge in [-0.1, -0.05) is 25.8 Å². The van der Waals surface area contributed by atoms with E-state index in [9.17, 15) is 4.21 Å². The van der Waals surface area contributed by atoms with Crippen LogP contribution in [0.1, 0.15) is 46.0 Å². The molecule has 3 heteroatoms. The highest BCUT2D eigenvalue weighted by Crippen LogP contribution is 2.30. The molecule has 2 atom stereocenters. The average Bonchev–Trinajstić information content (AvgIpc) is 2.43. The Kier molecular flexibility index (Phi) is 5.37. The summed E-state index contributed by atoms with van der Waals surface area (Å²) in [5.41, 5.74) is 0. The molecule has 1 fully saturated rings. The maximum atomic E-state index is 12.2. The van der Waals surface area contributed by atoms with E-state index in [1.54, 1.807) is 6.26 Å². The molecule has 0 aromatic carbocycles. The van der Waals surface area contributed by atoms with Gasteiger partial charge in [0, 0.05) is 16.6 Å². The summed E-state index contributed by atoms with van der Waals surface area (Å²) >= 11 is 0. The first-order valence-electron chi connectivity index (χ1n) is 5.86. The molecule has 15 heavy (non-hydrogen) atoms. The molecule has 1 aliphatic heterocycles. The van der Waals surface area contributed by atoms with Crippen LogP contribution in [0.5, 0.6) is 0 Å². The van der Waals surface area contributed by atoms with Crippen molar-refractivity contribution in [3.63, 3.8) is 0 Å². The molecule has 1 aliphatic rings. The van der Waals surface area contributed by atoms with Gasteiger partial charge in [0.2, 0.25) is 0 Å². The third kappa shape index (κ3) is 3.33. The van der Waals surface area contributed by atoms with Crippen LogP contribution in [0.25, 0.3) is 0 Å². The topological polar surface area (TPSA) is 26.3 Å². The van der Waals surface area contributed by atoms with E-state index in [-0.39, 0.29) is 4.75 Å². The monoisotopic (exact) mass is 230 g/mol. The van der Waals surface area contributed by atoms with Crippen molar-refractivity contribution in [2.24, 2.45) is 0 Å². The summed E-state index contributed by atoms with van der Waals surface area (Å²) in [5, 5.41) is 0. The number of allylic oxidation sites excluding steroid dienone is 1. The van der Waals surface area contributed by atoms with E-state index >= 15 is 0 Å². The zero-order valence-electron chi connectivity index (χ0n) is 9.83. The van der Waals surface area contributed by atoms with E-state index in [1.807, 2.05) is 13.0 Å². The lowest BCUT2D eigenvalue weighted by atomic mass is 9.99. The van der Waals surface area contributed by atoms with Crippen molar-refractivity contribution in [3.8, 4) is 0 Å². The number of hydrogen-bond donors (Lipinski definition) is 0. The lowest BCUT2D eigenvalue weighted by molar-refractivity contribution is 0.199. The molecule has 1 rings (SSSR count). The Labute approximate surface area is 95.5 Å². The second-order valence-electron chi connectivity index (χ2n) is 4.18. The van der Waals surface area contributed by atoms with E-state index in [0.29, 0.717) is 6.61 Å². The van der Waals surface area contributed by atoms with Crippen LogP contribution < -0.4 is 0 Å². The standard InChI is InChI=1S/C12H22O2S/c1-3-9-14-11-12(4-2)8-6-5-7-10-15(12)13/h3,9H,4-8,10-11H2,1-2H3/b9-3+. The first kappa shape index (κ1) is 12.8. The van der Waals surface area contributed by atoms with Crippen LogP contribution in [0, 0.1) is 0 Å². The highest BCUT2D eigenvalue weighted by Gasteiger charge is 2.36. The van der Waals surface area contributed by atoms with Gasteiger partial charge in [0.15, 0.2) is 0 Å². The van der Waals surface area contributed by atoms with Crippen LogP contribution in [-0.2, 0) is 15.5 Å². The highest BCUT2D eigenvalue weighted by atomic mass is 32.2. The summed E-state index contributed by atoms with van der Waals surface area (Å²) in [6, 6.07) is 0. The Morgan fingerprint density at radius 1 is 1.40 bits per heavy atom. The summed E-state index contributed by atoms with van der Waals surface area (Å²) in [5.74, 6) is 0.854. The molecule has 0 radical (unpaired) electrons. The van der Waals surface area contributed by atoms with Gasteiger partial charge in [-0.2, -0.15) is 0 Å². The van der Waals surface area contributed by atoms with E-state index in [1.165, 1.54) is 12.8 Å².